The highest BCUT2D eigenvalue weighted by atomic mass is 16.1. The Balaban J connectivity index is 2.38. The number of rotatable bonds is 8. The Morgan fingerprint density at radius 3 is 2.52 bits per heavy atom. The van der Waals surface area contributed by atoms with E-state index in [1.807, 2.05) is 0 Å². The summed E-state index contributed by atoms with van der Waals surface area (Å²) < 4.78 is 0. The van der Waals surface area contributed by atoms with Gasteiger partial charge in [-0.1, -0.05) is 26.7 Å². The second-order valence-corrected chi connectivity index (χ2v) is 6.93. The number of carbonyl (C=O) groups is 1. The van der Waals surface area contributed by atoms with Gasteiger partial charge < -0.3 is 15.5 Å². The number of carbonyl (C=O) groups excluding carboxylic acids is 1. The molecule has 1 heterocycles. The molecule has 1 aliphatic rings. The van der Waals surface area contributed by atoms with Crippen molar-refractivity contribution in [3.05, 3.63) is 0 Å². The minimum Gasteiger partial charge on any atom is -0.359 e. The molecule has 23 heavy (non-hydrogen) atoms. The molecule has 0 aliphatic carbocycles. The Kier molecular flexibility index (Phi) is 9.72. The zero-order valence-corrected chi connectivity index (χ0v) is 15.5. The van der Waals surface area contributed by atoms with Crippen LogP contribution in [0.15, 0.2) is 4.99 Å². The lowest BCUT2D eigenvalue weighted by molar-refractivity contribution is -0.121. The van der Waals surface area contributed by atoms with Crippen molar-refractivity contribution in [2.75, 3.05) is 33.2 Å². The second-order valence-electron chi connectivity index (χ2n) is 6.93. The lowest BCUT2D eigenvalue weighted by atomic mass is 9.93. The number of likely N-dealkylation sites (tertiary alicyclic amines) is 1. The van der Waals surface area contributed by atoms with Gasteiger partial charge in [-0.15, -0.1) is 0 Å². The van der Waals surface area contributed by atoms with E-state index in [-0.39, 0.29) is 5.91 Å². The van der Waals surface area contributed by atoms with E-state index >= 15 is 0 Å². The highest BCUT2D eigenvalue weighted by molar-refractivity contribution is 5.80. The first-order valence-electron chi connectivity index (χ1n) is 9.30. The topological polar surface area (TPSA) is 56.7 Å². The van der Waals surface area contributed by atoms with Gasteiger partial charge in [-0.3, -0.25) is 9.79 Å². The van der Waals surface area contributed by atoms with Crippen LogP contribution in [0.3, 0.4) is 0 Å². The van der Waals surface area contributed by atoms with E-state index in [0.29, 0.717) is 12.3 Å². The van der Waals surface area contributed by atoms with E-state index in [0.717, 1.165) is 50.9 Å². The molecule has 0 aromatic rings. The average Bonchev–Trinajstić information content (AvgIpc) is 2.54. The summed E-state index contributed by atoms with van der Waals surface area (Å²) in [5.41, 5.74) is 0. The number of nitrogens with zero attached hydrogens (tertiary/aromatic N) is 2. The minimum atomic E-state index is 0.161. The van der Waals surface area contributed by atoms with Crippen molar-refractivity contribution >= 4 is 11.9 Å². The molecule has 1 amide bonds. The summed E-state index contributed by atoms with van der Waals surface area (Å²) in [5, 5.41) is 6.14. The van der Waals surface area contributed by atoms with Gasteiger partial charge >= 0.3 is 0 Å². The van der Waals surface area contributed by atoms with Crippen molar-refractivity contribution < 1.29 is 4.79 Å². The van der Waals surface area contributed by atoms with Crippen LogP contribution >= 0.6 is 0 Å². The molecule has 134 valence electrons. The van der Waals surface area contributed by atoms with Gasteiger partial charge in [0.2, 0.25) is 5.91 Å². The molecule has 0 atom stereocenters. The van der Waals surface area contributed by atoms with Gasteiger partial charge in [-0.05, 0) is 38.0 Å². The van der Waals surface area contributed by atoms with E-state index in [1.165, 1.54) is 19.3 Å². The van der Waals surface area contributed by atoms with Crippen molar-refractivity contribution in [2.45, 2.75) is 59.3 Å². The number of guanidine groups is 1. The van der Waals surface area contributed by atoms with Crippen LogP contribution in [0, 0.1) is 11.8 Å². The molecule has 5 nitrogen and oxygen atoms in total. The van der Waals surface area contributed by atoms with Crippen molar-refractivity contribution in [3.63, 3.8) is 0 Å². The summed E-state index contributed by atoms with van der Waals surface area (Å²) in [6.45, 7) is 10.5. The first-order valence-corrected chi connectivity index (χ1v) is 9.30. The van der Waals surface area contributed by atoms with Crippen LogP contribution in [0.2, 0.25) is 0 Å². The SMILES string of the molecule is CCNC(=NCCCCC(C)C)N1CCC(CC(=O)NC)CC1. The fraction of sp³-hybridized carbons (Fsp3) is 0.889. The number of hydrogen-bond donors (Lipinski definition) is 2. The number of aliphatic imine (C=N–C) groups is 1. The molecule has 1 aliphatic heterocycles. The normalized spacial score (nSPS) is 16.7. The van der Waals surface area contributed by atoms with Crippen LogP contribution in [0.1, 0.15) is 59.3 Å². The molecule has 2 N–H and O–H groups in total. The molecular weight excluding hydrogens is 288 g/mol. The van der Waals surface area contributed by atoms with Crippen molar-refractivity contribution in [2.24, 2.45) is 16.8 Å². The van der Waals surface area contributed by atoms with Crippen molar-refractivity contribution in [3.8, 4) is 0 Å². The molecule has 1 fully saturated rings. The zero-order chi connectivity index (χ0) is 17.1. The van der Waals surface area contributed by atoms with Crippen molar-refractivity contribution in [1.29, 1.82) is 0 Å². The van der Waals surface area contributed by atoms with Crippen molar-refractivity contribution in [1.82, 2.24) is 15.5 Å². The van der Waals surface area contributed by atoms with E-state index in [2.05, 4.69) is 36.3 Å². The Hall–Kier alpha value is -1.26. The fourth-order valence-electron chi connectivity index (χ4n) is 2.99. The average molecular weight is 325 g/mol. The third-order valence-electron chi connectivity index (χ3n) is 4.45. The molecule has 0 aromatic carbocycles. The molecule has 1 rings (SSSR count). The number of unbranched alkanes of at least 4 members (excludes halogenated alkanes) is 1. The highest BCUT2D eigenvalue weighted by Gasteiger charge is 2.22. The van der Waals surface area contributed by atoms with Crippen LogP contribution in [-0.2, 0) is 4.79 Å². The molecule has 5 heteroatoms. The van der Waals surface area contributed by atoms with Crippen LogP contribution in [0.25, 0.3) is 0 Å². The monoisotopic (exact) mass is 324 g/mol. The van der Waals surface area contributed by atoms with E-state index in [9.17, 15) is 4.79 Å². The number of hydrogen-bond acceptors (Lipinski definition) is 2. The Bertz CT molecular complexity index is 360. The van der Waals surface area contributed by atoms with Crippen LogP contribution in [0.4, 0.5) is 0 Å². The highest BCUT2D eigenvalue weighted by Crippen LogP contribution is 2.20. The van der Waals surface area contributed by atoms with Gasteiger partial charge in [-0.25, -0.2) is 0 Å². The van der Waals surface area contributed by atoms with Crippen LogP contribution in [-0.4, -0.2) is 50.0 Å². The molecule has 0 spiro atoms. The van der Waals surface area contributed by atoms with E-state index in [1.54, 1.807) is 7.05 Å². The predicted molar refractivity (Wildman–Crippen MR) is 97.6 cm³/mol. The maximum atomic E-state index is 11.5. The third kappa shape index (κ3) is 8.24. The standard InChI is InChI=1S/C18H36N4O/c1-5-20-18(21-11-7-6-8-15(2)3)22-12-9-16(10-13-22)14-17(23)19-4/h15-16H,5-14H2,1-4H3,(H,19,23)(H,20,21). The quantitative estimate of drug-likeness (QED) is 0.410. The molecule has 0 radical (unpaired) electrons. The smallest absolute Gasteiger partial charge is 0.220 e. The molecule has 1 saturated heterocycles. The largest absolute Gasteiger partial charge is 0.359 e. The molecule has 0 bridgehead atoms. The molecule has 0 unspecified atom stereocenters. The summed E-state index contributed by atoms with van der Waals surface area (Å²) in [7, 11) is 1.71. The molecule has 0 saturated carbocycles. The van der Waals surface area contributed by atoms with Crippen LogP contribution < -0.4 is 10.6 Å². The van der Waals surface area contributed by atoms with Gasteiger partial charge in [-0.2, -0.15) is 0 Å². The van der Waals surface area contributed by atoms with Gasteiger partial charge in [0.05, 0.1) is 0 Å². The summed E-state index contributed by atoms with van der Waals surface area (Å²) >= 11 is 0. The zero-order valence-electron chi connectivity index (χ0n) is 15.5. The summed E-state index contributed by atoms with van der Waals surface area (Å²) in [4.78, 5) is 18.6. The van der Waals surface area contributed by atoms with Gasteiger partial charge in [0.15, 0.2) is 5.96 Å². The van der Waals surface area contributed by atoms with Gasteiger partial charge in [0, 0.05) is 39.6 Å². The van der Waals surface area contributed by atoms with E-state index in [4.69, 9.17) is 4.99 Å². The van der Waals surface area contributed by atoms with E-state index < -0.39 is 0 Å². The first-order chi connectivity index (χ1) is 11.1. The lowest BCUT2D eigenvalue weighted by Gasteiger charge is -2.34. The number of amides is 1. The first kappa shape index (κ1) is 19.8. The summed E-state index contributed by atoms with van der Waals surface area (Å²) in [6, 6.07) is 0. The predicted octanol–water partition coefficient (Wildman–Crippen LogP) is 2.63. The maximum absolute atomic E-state index is 11.5. The summed E-state index contributed by atoms with van der Waals surface area (Å²) in [6.07, 6.45) is 6.52. The minimum absolute atomic E-state index is 0.161. The third-order valence-corrected chi connectivity index (χ3v) is 4.45. The Morgan fingerprint density at radius 1 is 1.26 bits per heavy atom. The van der Waals surface area contributed by atoms with Gasteiger partial charge in [0.25, 0.3) is 0 Å². The lowest BCUT2D eigenvalue weighted by Crippen LogP contribution is -2.46. The number of nitrogens with one attached hydrogen (secondary N) is 2. The summed E-state index contributed by atoms with van der Waals surface area (Å²) in [5.74, 6) is 2.51. The molecular formula is C18H36N4O. The van der Waals surface area contributed by atoms with Gasteiger partial charge in [0.1, 0.15) is 0 Å². The molecule has 0 aromatic heterocycles. The van der Waals surface area contributed by atoms with Crippen LogP contribution in [0.5, 0.6) is 0 Å². The maximum Gasteiger partial charge on any atom is 0.220 e. The Labute approximate surface area is 142 Å². The second kappa shape index (κ2) is 11.3. The Morgan fingerprint density at radius 2 is 1.96 bits per heavy atom. The number of piperidine rings is 1. The fourth-order valence-corrected chi connectivity index (χ4v) is 2.99.